The van der Waals surface area contributed by atoms with Crippen LogP contribution in [-0.4, -0.2) is 25.8 Å². The van der Waals surface area contributed by atoms with Crippen molar-refractivity contribution in [3.05, 3.63) is 70.8 Å². The Morgan fingerprint density at radius 2 is 1.19 bits per heavy atom. The van der Waals surface area contributed by atoms with E-state index >= 15 is 0 Å². The lowest BCUT2D eigenvalue weighted by molar-refractivity contribution is -0.121. The summed E-state index contributed by atoms with van der Waals surface area (Å²) >= 11 is 0. The van der Waals surface area contributed by atoms with Crippen LogP contribution in [0, 0.1) is 13.8 Å². The first-order valence-corrected chi connectivity index (χ1v) is 8.64. The van der Waals surface area contributed by atoms with Gasteiger partial charge in [0.25, 0.3) is 0 Å². The van der Waals surface area contributed by atoms with Gasteiger partial charge in [-0.15, -0.1) is 0 Å². The highest BCUT2D eigenvalue weighted by Crippen LogP contribution is 2.20. The van der Waals surface area contributed by atoms with Crippen molar-refractivity contribution >= 4 is 23.7 Å². The number of hydrogen-bond acceptors (Lipinski definition) is 4. The second-order valence-corrected chi connectivity index (χ2v) is 6.23. The maximum atomic E-state index is 12.0. The molecule has 0 N–H and O–H groups in total. The molecule has 0 fully saturated rings. The third-order valence-electron chi connectivity index (χ3n) is 4.14. The zero-order valence-electron chi connectivity index (χ0n) is 16.1. The number of carbonyl (C=O) groups excluding carboxylic acids is 2. The van der Waals surface area contributed by atoms with Crippen LogP contribution < -0.4 is 9.47 Å². The molecule has 0 aliphatic heterocycles. The van der Waals surface area contributed by atoms with E-state index < -0.39 is 0 Å². The first-order valence-electron chi connectivity index (χ1n) is 8.64. The summed E-state index contributed by atoms with van der Waals surface area (Å²) in [6.07, 6.45) is 6.05. The summed E-state index contributed by atoms with van der Waals surface area (Å²) in [4.78, 5) is 24.0. The van der Waals surface area contributed by atoms with Gasteiger partial charge in [0.2, 0.25) is 0 Å². The van der Waals surface area contributed by atoms with Gasteiger partial charge in [0.05, 0.1) is 20.6 Å². The van der Waals surface area contributed by atoms with Crippen molar-refractivity contribution in [2.45, 2.75) is 20.3 Å². The number of methoxy groups -OCH3 is 2. The highest BCUT2D eigenvalue weighted by atomic mass is 16.5. The van der Waals surface area contributed by atoms with E-state index in [2.05, 4.69) is 0 Å². The van der Waals surface area contributed by atoms with Crippen molar-refractivity contribution in [2.75, 3.05) is 14.2 Å². The normalized spacial score (nSPS) is 11.1. The van der Waals surface area contributed by atoms with E-state index in [4.69, 9.17) is 9.47 Å². The fourth-order valence-corrected chi connectivity index (χ4v) is 2.55. The summed E-state index contributed by atoms with van der Waals surface area (Å²) < 4.78 is 10.5. The van der Waals surface area contributed by atoms with E-state index in [1.807, 2.05) is 50.2 Å². The largest absolute Gasteiger partial charge is 0.496 e. The molecule has 0 aliphatic carbocycles. The molecule has 4 nitrogen and oxygen atoms in total. The Hall–Kier alpha value is -3.14. The maximum Gasteiger partial charge on any atom is 0.163 e. The number of hydrogen-bond donors (Lipinski definition) is 0. The first-order chi connectivity index (χ1) is 12.9. The lowest BCUT2D eigenvalue weighted by atomic mass is 10.1. The maximum absolute atomic E-state index is 12.0. The second-order valence-electron chi connectivity index (χ2n) is 6.23. The lowest BCUT2D eigenvalue weighted by Crippen LogP contribution is -2.02. The van der Waals surface area contributed by atoms with Crippen LogP contribution in [-0.2, 0) is 9.59 Å². The zero-order chi connectivity index (χ0) is 19.8. The van der Waals surface area contributed by atoms with E-state index in [0.717, 1.165) is 33.8 Å². The Morgan fingerprint density at radius 3 is 1.56 bits per heavy atom. The minimum Gasteiger partial charge on any atom is -0.496 e. The van der Waals surface area contributed by atoms with Gasteiger partial charge in [-0.25, -0.2) is 0 Å². The van der Waals surface area contributed by atoms with Gasteiger partial charge in [0, 0.05) is 0 Å². The summed E-state index contributed by atoms with van der Waals surface area (Å²) in [7, 11) is 3.21. The van der Waals surface area contributed by atoms with Crippen LogP contribution in [0.15, 0.2) is 48.6 Å². The van der Waals surface area contributed by atoms with E-state index in [-0.39, 0.29) is 18.0 Å². The molecule has 0 saturated carbocycles. The first kappa shape index (κ1) is 20.2. The topological polar surface area (TPSA) is 52.6 Å². The quantitative estimate of drug-likeness (QED) is 0.508. The number of aryl methyl sites for hydroxylation is 2. The molecule has 4 heteroatoms. The van der Waals surface area contributed by atoms with E-state index in [1.54, 1.807) is 26.4 Å². The van der Waals surface area contributed by atoms with Gasteiger partial charge < -0.3 is 9.47 Å². The zero-order valence-corrected chi connectivity index (χ0v) is 16.1. The molecule has 27 heavy (non-hydrogen) atoms. The van der Waals surface area contributed by atoms with Gasteiger partial charge in [0.15, 0.2) is 11.6 Å². The Morgan fingerprint density at radius 1 is 0.778 bits per heavy atom. The standard InChI is InChI=1S/C23H24O4/c1-16-5-7-18(13-22(16)26-3)9-11-20(24)15-21(25)12-10-19-8-6-17(2)23(14-19)27-4/h5-14H,15H2,1-4H3/b11-9+,12-10+. The SMILES string of the molecule is COc1cc(/C=C/C(=O)CC(=O)/C=C/c2ccc(C)c(OC)c2)ccc1C. The molecular formula is C23H24O4. The molecule has 0 heterocycles. The summed E-state index contributed by atoms with van der Waals surface area (Å²) in [5.74, 6) is 1.03. The minimum atomic E-state index is -0.245. The summed E-state index contributed by atoms with van der Waals surface area (Å²) in [5.41, 5.74) is 3.74. The average molecular weight is 364 g/mol. The number of rotatable bonds is 8. The molecule has 0 amide bonds. The van der Waals surface area contributed by atoms with Gasteiger partial charge in [-0.05, 0) is 60.4 Å². The smallest absolute Gasteiger partial charge is 0.163 e. The van der Waals surface area contributed by atoms with Crippen LogP contribution in [0.1, 0.15) is 28.7 Å². The molecule has 0 aliphatic rings. The number of ether oxygens (including phenoxy) is 2. The molecule has 0 radical (unpaired) electrons. The van der Waals surface area contributed by atoms with Crippen molar-refractivity contribution in [2.24, 2.45) is 0 Å². The summed E-state index contributed by atoms with van der Waals surface area (Å²) in [5, 5.41) is 0. The summed E-state index contributed by atoms with van der Waals surface area (Å²) in [6, 6.07) is 11.3. The molecule has 0 spiro atoms. The number of allylic oxidation sites excluding steroid dienone is 2. The van der Waals surface area contributed by atoms with Gasteiger partial charge in [-0.3, -0.25) is 9.59 Å². The van der Waals surface area contributed by atoms with Crippen LogP contribution >= 0.6 is 0 Å². The predicted molar refractivity (Wildman–Crippen MR) is 108 cm³/mol. The van der Waals surface area contributed by atoms with Gasteiger partial charge in [0.1, 0.15) is 11.5 Å². The monoisotopic (exact) mass is 364 g/mol. The highest BCUT2D eigenvalue weighted by Gasteiger charge is 2.05. The van der Waals surface area contributed by atoms with Crippen LogP contribution in [0.3, 0.4) is 0 Å². The third kappa shape index (κ3) is 5.96. The number of carbonyl (C=O) groups is 2. The molecule has 0 bridgehead atoms. The van der Waals surface area contributed by atoms with Crippen molar-refractivity contribution < 1.29 is 19.1 Å². The fraction of sp³-hybridized carbons (Fsp3) is 0.217. The molecule has 0 unspecified atom stereocenters. The Bertz CT molecular complexity index is 818. The Labute approximate surface area is 160 Å². The molecule has 2 aromatic carbocycles. The molecule has 2 rings (SSSR count). The molecule has 0 atom stereocenters. The minimum absolute atomic E-state index is 0.168. The molecular weight excluding hydrogens is 340 g/mol. The fourth-order valence-electron chi connectivity index (χ4n) is 2.55. The van der Waals surface area contributed by atoms with Crippen molar-refractivity contribution in [3.63, 3.8) is 0 Å². The van der Waals surface area contributed by atoms with E-state index in [9.17, 15) is 9.59 Å². The lowest BCUT2D eigenvalue weighted by Gasteiger charge is -2.05. The van der Waals surface area contributed by atoms with Crippen molar-refractivity contribution in [3.8, 4) is 11.5 Å². The van der Waals surface area contributed by atoms with Crippen LogP contribution in [0.4, 0.5) is 0 Å². The Balaban J connectivity index is 1.96. The van der Waals surface area contributed by atoms with E-state index in [1.165, 1.54) is 12.2 Å². The van der Waals surface area contributed by atoms with Crippen molar-refractivity contribution in [1.29, 1.82) is 0 Å². The number of ketones is 2. The molecule has 2 aromatic rings. The molecule has 0 aromatic heterocycles. The van der Waals surface area contributed by atoms with Gasteiger partial charge >= 0.3 is 0 Å². The summed E-state index contributed by atoms with van der Waals surface area (Å²) in [6.45, 7) is 3.90. The van der Waals surface area contributed by atoms with E-state index in [0.29, 0.717) is 0 Å². The number of benzene rings is 2. The van der Waals surface area contributed by atoms with Crippen LogP contribution in [0.2, 0.25) is 0 Å². The third-order valence-corrected chi connectivity index (χ3v) is 4.14. The van der Waals surface area contributed by atoms with Crippen LogP contribution in [0.5, 0.6) is 11.5 Å². The van der Waals surface area contributed by atoms with Crippen molar-refractivity contribution in [1.82, 2.24) is 0 Å². The van der Waals surface area contributed by atoms with Gasteiger partial charge in [-0.2, -0.15) is 0 Å². The highest BCUT2D eigenvalue weighted by molar-refractivity contribution is 6.10. The van der Waals surface area contributed by atoms with Crippen LogP contribution in [0.25, 0.3) is 12.2 Å². The predicted octanol–water partition coefficient (Wildman–Crippen LogP) is 4.58. The average Bonchev–Trinajstić information content (AvgIpc) is 2.66. The molecule has 140 valence electrons. The molecule has 0 saturated heterocycles. The second kappa shape index (κ2) is 9.53. The van der Waals surface area contributed by atoms with Gasteiger partial charge in [-0.1, -0.05) is 36.4 Å². The Kier molecular flexibility index (Phi) is 7.12.